The van der Waals surface area contributed by atoms with Crippen molar-refractivity contribution in [1.82, 2.24) is 0 Å². The lowest BCUT2D eigenvalue weighted by Crippen LogP contribution is -2.55. The Kier molecular flexibility index (Phi) is 5.85. The number of anilines is 3. The zero-order valence-corrected chi connectivity index (χ0v) is 29.9. The Bertz CT molecular complexity index is 2340. The minimum absolute atomic E-state index is 0.0278. The molecule has 2 nitrogen and oxygen atoms in total. The highest BCUT2D eigenvalue weighted by atomic mass is 16.3. The highest BCUT2D eigenvalue weighted by Crippen LogP contribution is 2.70. The number of benzene rings is 5. The number of furan rings is 1. The van der Waals surface area contributed by atoms with Gasteiger partial charge in [-0.05, 0) is 132 Å². The van der Waals surface area contributed by atoms with E-state index in [9.17, 15) is 0 Å². The molecule has 6 aromatic rings. The third kappa shape index (κ3) is 3.70. The van der Waals surface area contributed by atoms with Gasteiger partial charge in [0.15, 0.2) is 5.58 Å². The van der Waals surface area contributed by atoms with Gasteiger partial charge in [-0.15, -0.1) is 0 Å². The molecule has 4 bridgehead atoms. The monoisotopic (exact) mass is 653 g/mol. The predicted octanol–water partition coefficient (Wildman–Crippen LogP) is 13.1. The molecule has 4 fully saturated rings. The van der Waals surface area contributed by atoms with E-state index < -0.39 is 0 Å². The summed E-state index contributed by atoms with van der Waals surface area (Å²) in [5.41, 5.74) is 15.0. The summed E-state index contributed by atoms with van der Waals surface area (Å²) in [4.78, 5) is 2.64. The van der Waals surface area contributed by atoms with Gasteiger partial charge < -0.3 is 9.32 Å². The van der Waals surface area contributed by atoms with Crippen LogP contribution in [0.2, 0.25) is 0 Å². The molecule has 0 atom stereocenters. The van der Waals surface area contributed by atoms with Gasteiger partial charge in [0.1, 0.15) is 5.58 Å². The molecule has 6 aliphatic rings. The van der Waals surface area contributed by atoms with Crippen LogP contribution in [-0.2, 0) is 16.2 Å². The Morgan fingerprint density at radius 1 is 0.540 bits per heavy atom. The van der Waals surface area contributed by atoms with Gasteiger partial charge in [-0.25, -0.2) is 0 Å². The molecular weight excluding hydrogens is 607 g/mol. The van der Waals surface area contributed by atoms with E-state index in [2.05, 4.69) is 136 Å². The molecule has 4 saturated carbocycles. The highest BCUT2D eigenvalue weighted by Gasteiger charge is 2.62. The first kappa shape index (κ1) is 29.4. The van der Waals surface area contributed by atoms with Gasteiger partial charge in [-0.3, -0.25) is 0 Å². The van der Waals surface area contributed by atoms with Crippen LogP contribution >= 0.6 is 0 Å². The molecule has 50 heavy (non-hydrogen) atoms. The van der Waals surface area contributed by atoms with Crippen molar-refractivity contribution in [1.29, 1.82) is 0 Å². The Hall–Kier alpha value is -4.30. The lowest BCUT2D eigenvalue weighted by molar-refractivity contribution is -0.0399. The molecule has 1 heterocycles. The summed E-state index contributed by atoms with van der Waals surface area (Å²) in [6.07, 6.45) is 9.39. The molecule has 250 valence electrons. The van der Waals surface area contributed by atoms with Crippen molar-refractivity contribution in [2.24, 2.45) is 23.7 Å². The first-order chi connectivity index (χ1) is 24.3. The van der Waals surface area contributed by atoms with E-state index >= 15 is 0 Å². The molecule has 0 amide bonds. The van der Waals surface area contributed by atoms with E-state index in [-0.39, 0.29) is 16.2 Å². The van der Waals surface area contributed by atoms with Crippen LogP contribution in [0.1, 0.15) is 94.9 Å². The van der Waals surface area contributed by atoms with Gasteiger partial charge in [-0.1, -0.05) is 107 Å². The summed E-state index contributed by atoms with van der Waals surface area (Å²) < 4.78 is 6.88. The quantitative estimate of drug-likeness (QED) is 0.189. The molecule has 1 spiro atoms. The molecule has 0 saturated heterocycles. The summed E-state index contributed by atoms with van der Waals surface area (Å²) in [6, 6.07) is 39.4. The van der Waals surface area contributed by atoms with Gasteiger partial charge in [0.05, 0.1) is 17.1 Å². The highest BCUT2D eigenvalue weighted by molar-refractivity contribution is 6.11. The first-order valence-electron chi connectivity index (χ1n) is 19.3. The minimum atomic E-state index is 0.0278. The molecular formula is C48H47NO. The molecule has 0 aliphatic heterocycles. The van der Waals surface area contributed by atoms with Crippen molar-refractivity contribution in [2.45, 2.75) is 88.9 Å². The Morgan fingerprint density at radius 3 is 1.94 bits per heavy atom. The number of nitrogens with zero attached hydrogens (tertiary/aromatic N) is 1. The van der Waals surface area contributed by atoms with E-state index in [1.807, 2.05) is 0 Å². The van der Waals surface area contributed by atoms with E-state index in [0.717, 1.165) is 46.9 Å². The van der Waals surface area contributed by atoms with Gasteiger partial charge in [0.25, 0.3) is 0 Å². The zero-order valence-electron chi connectivity index (χ0n) is 29.9. The molecule has 0 N–H and O–H groups in total. The van der Waals surface area contributed by atoms with Gasteiger partial charge in [-0.2, -0.15) is 0 Å². The third-order valence-electron chi connectivity index (χ3n) is 14.5. The van der Waals surface area contributed by atoms with Crippen molar-refractivity contribution in [2.75, 3.05) is 4.90 Å². The number of hydrogen-bond donors (Lipinski definition) is 0. The van der Waals surface area contributed by atoms with Crippen LogP contribution in [0.15, 0.2) is 108 Å². The number of hydrogen-bond acceptors (Lipinski definition) is 2. The van der Waals surface area contributed by atoms with Crippen LogP contribution in [0.25, 0.3) is 33.1 Å². The van der Waals surface area contributed by atoms with E-state index in [0.29, 0.717) is 0 Å². The van der Waals surface area contributed by atoms with Gasteiger partial charge in [0, 0.05) is 21.8 Å². The van der Waals surface area contributed by atoms with E-state index in [1.165, 1.54) is 82.9 Å². The Balaban J connectivity index is 1.25. The topological polar surface area (TPSA) is 16.4 Å². The average molecular weight is 654 g/mol. The lowest BCUT2D eigenvalue weighted by atomic mass is 9.43. The maximum absolute atomic E-state index is 6.88. The summed E-state index contributed by atoms with van der Waals surface area (Å²) in [7, 11) is 0. The summed E-state index contributed by atoms with van der Waals surface area (Å²) in [5.74, 6) is 3.30. The van der Waals surface area contributed by atoms with Crippen LogP contribution < -0.4 is 4.90 Å². The Labute approximate surface area is 296 Å². The number of rotatable bonds is 3. The molecule has 2 heteroatoms. The molecule has 5 aromatic carbocycles. The van der Waals surface area contributed by atoms with Crippen LogP contribution in [0, 0.1) is 23.7 Å². The predicted molar refractivity (Wildman–Crippen MR) is 207 cm³/mol. The van der Waals surface area contributed by atoms with Gasteiger partial charge >= 0.3 is 0 Å². The van der Waals surface area contributed by atoms with Crippen molar-refractivity contribution < 1.29 is 4.42 Å². The second kappa shape index (κ2) is 9.93. The number of para-hydroxylation sites is 2. The van der Waals surface area contributed by atoms with E-state index in [4.69, 9.17) is 4.42 Å². The standard InChI is InChI=1S/C48H47NO/c1-46(2)22-23-47(3,4)44-38(46)17-11-19-40(44)49(41-20-9-14-34-33-12-6-8-21-42(33)50-45(34)41)39-18-10-16-37-43(39)35-13-5-7-15-36(35)48(37)31-25-29-24-30(27-31)28-32(48)26-29/h5-21,29-32H,22-28H2,1-4H3. The summed E-state index contributed by atoms with van der Waals surface area (Å²) >= 11 is 0. The fourth-order valence-corrected chi connectivity index (χ4v) is 12.6. The molecule has 6 aliphatic carbocycles. The maximum Gasteiger partial charge on any atom is 0.159 e. The fourth-order valence-electron chi connectivity index (χ4n) is 12.6. The second-order valence-electron chi connectivity index (χ2n) is 18.0. The largest absolute Gasteiger partial charge is 0.454 e. The van der Waals surface area contributed by atoms with Crippen molar-refractivity contribution >= 4 is 39.0 Å². The maximum atomic E-state index is 6.88. The SMILES string of the molecule is CC1(C)CCC(C)(C)c2c(N(c3cccc4c3-c3ccccc3C43C4CC5CC(C4)CC3C5)c3cccc4c3oc3ccccc34)cccc21. The molecule has 1 aromatic heterocycles. The van der Waals surface area contributed by atoms with Crippen LogP contribution in [0.5, 0.6) is 0 Å². The average Bonchev–Trinajstić information content (AvgIpc) is 3.64. The molecule has 0 unspecified atom stereocenters. The summed E-state index contributed by atoms with van der Waals surface area (Å²) in [5, 5.41) is 2.36. The lowest BCUT2D eigenvalue weighted by Gasteiger charge is -2.61. The van der Waals surface area contributed by atoms with Crippen molar-refractivity contribution in [3.63, 3.8) is 0 Å². The van der Waals surface area contributed by atoms with Crippen molar-refractivity contribution in [3.05, 3.63) is 125 Å². The van der Waals surface area contributed by atoms with Crippen LogP contribution in [0.3, 0.4) is 0 Å². The zero-order chi connectivity index (χ0) is 33.6. The minimum Gasteiger partial charge on any atom is -0.454 e. The van der Waals surface area contributed by atoms with Gasteiger partial charge in [0.2, 0.25) is 0 Å². The second-order valence-corrected chi connectivity index (χ2v) is 18.0. The fraction of sp³-hybridized carbons (Fsp3) is 0.375. The first-order valence-corrected chi connectivity index (χ1v) is 19.3. The molecule has 0 radical (unpaired) electrons. The van der Waals surface area contributed by atoms with Crippen LogP contribution in [0.4, 0.5) is 17.1 Å². The summed E-state index contributed by atoms with van der Waals surface area (Å²) in [6.45, 7) is 9.83. The van der Waals surface area contributed by atoms with E-state index in [1.54, 1.807) is 11.1 Å². The normalized spacial score (nSPS) is 27.8. The Morgan fingerprint density at radius 2 is 1.14 bits per heavy atom. The number of fused-ring (bicyclic) bond motifs is 7. The smallest absolute Gasteiger partial charge is 0.159 e. The van der Waals surface area contributed by atoms with Crippen molar-refractivity contribution in [3.8, 4) is 11.1 Å². The van der Waals surface area contributed by atoms with Crippen LogP contribution in [-0.4, -0.2) is 0 Å². The molecule has 12 rings (SSSR count). The third-order valence-corrected chi connectivity index (χ3v) is 14.5.